The fourth-order valence-corrected chi connectivity index (χ4v) is 3.74. The van der Waals surface area contributed by atoms with Crippen LogP contribution < -0.4 is 4.74 Å². The Morgan fingerprint density at radius 1 is 0.852 bits per heavy atom. The Morgan fingerprint density at radius 2 is 1.63 bits per heavy atom. The molecule has 0 fully saturated rings. The van der Waals surface area contributed by atoms with Crippen molar-refractivity contribution in [2.75, 3.05) is 0 Å². The number of para-hydroxylation sites is 1. The summed E-state index contributed by atoms with van der Waals surface area (Å²) in [5, 5.41) is 4.44. The Morgan fingerprint density at radius 3 is 2.44 bits per heavy atom. The molecule has 1 aromatic heterocycles. The van der Waals surface area contributed by atoms with Crippen molar-refractivity contribution in [1.29, 1.82) is 0 Å². The molecule has 2 heterocycles. The summed E-state index contributed by atoms with van der Waals surface area (Å²) < 4.78 is 12.2. The molecule has 0 aliphatic carbocycles. The van der Waals surface area contributed by atoms with Crippen LogP contribution in [0, 0.1) is 6.92 Å². The second kappa shape index (κ2) is 6.44. The zero-order valence-corrected chi connectivity index (χ0v) is 15.1. The van der Waals surface area contributed by atoms with E-state index in [2.05, 4.69) is 54.5 Å². The average Bonchev–Trinajstić information content (AvgIpc) is 3.32. The van der Waals surface area contributed by atoms with Gasteiger partial charge in [-0.25, -0.2) is 0 Å². The van der Waals surface area contributed by atoms with Crippen molar-refractivity contribution in [2.45, 2.75) is 19.4 Å². The summed E-state index contributed by atoms with van der Waals surface area (Å²) in [4.78, 5) is 0. The Hall–Kier alpha value is -3.33. The van der Waals surface area contributed by atoms with Gasteiger partial charge in [0.15, 0.2) is 5.76 Å². The lowest BCUT2D eigenvalue weighted by Crippen LogP contribution is -2.05. The van der Waals surface area contributed by atoms with E-state index in [-0.39, 0.29) is 6.10 Å². The van der Waals surface area contributed by atoms with Crippen molar-refractivity contribution in [3.05, 3.63) is 95.6 Å². The largest absolute Gasteiger partial charge is 0.485 e. The van der Waals surface area contributed by atoms with Crippen LogP contribution in [-0.2, 0) is 6.42 Å². The van der Waals surface area contributed by atoms with E-state index in [0.29, 0.717) is 0 Å². The molecule has 3 aromatic carbocycles. The molecule has 1 aliphatic heterocycles. The maximum absolute atomic E-state index is 6.31. The van der Waals surface area contributed by atoms with Gasteiger partial charge < -0.3 is 9.26 Å². The van der Waals surface area contributed by atoms with E-state index >= 15 is 0 Å². The standard InChI is InChI=1S/C24H19NO2/c1-16-8-7-12-19(14-16)24-22(21-15-18-11-5-6-13-20(18)26-21)23(25-27-24)17-9-3-2-4-10-17/h2-14,21H,15H2,1H3. The molecule has 0 spiro atoms. The van der Waals surface area contributed by atoms with Crippen molar-refractivity contribution < 1.29 is 9.26 Å². The summed E-state index contributed by atoms with van der Waals surface area (Å²) >= 11 is 0. The minimum absolute atomic E-state index is 0.112. The predicted molar refractivity (Wildman–Crippen MR) is 106 cm³/mol. The molecule has 1 aliphatic rings. The fraction of sp³-hybridized carbons (Fsp3) is 0.125. The van der Waals surface area contributed by atoms with Crippen LogP contribution in [0.25, 0.3) is 22.6 Å². The third kappa shape index (κ3) is 2.81. The monoisotopic (exact) mass is 353 g/mol. The third-order valence-electron chi connectivity index (χ3n) is 5.02. The van der Waals surface area contributed by atoms with Gasteiger partial charge in [-0.2, -0.15) is 0 Å². The Balaban J connectivity index is 1.67. The predicted octanol–water partition coefficient (Wildman–Crippen LogP) is 5.99. The van der Waals surface area contributed by atoms with E-state index < -0.39 is 0 Å². The first-order valence-corrected chi connectivity index (χ1v) is 9.16. The molecule has 0 amide bonds. The highest BCUT2D eigenvalue weighted by Gasteiger charge is 2.32. The molecule has 132 valence electrons. The highest BCUT2D eigenvalue weighted by Crippen LogP contribution is 2.44. The number of fused-ring (bicyclic) bond motifs is 1. The molecular formula is C24H19NO2. The summed E-state index contributed by atoms with van der Waals surface area (Å²) in [6, 6.07) is 26.7. The molecule has 27 heavy (non-hydrogen) atoms. The van der Waals surface area contributed by atoms with Crippen molar-refractivity contribution in [3.63, 3.8) is 0 Å². The molecule has 4 aromatic rings. The summed E-state index contributed by atoms with van der Waals surface area (Å²) in [6.45, 7) is 2.08. The van der Waals surface area contributed by atoms with Gasteiger partial charge in [-0.3, -0.25) is 0 Å². The van der Waals surface area contributed by atoms with E-state index in [9.17, 15) is 0 Å². The van der Waals surface area contributed by atoms with E-state index in [0.717, 1.165) is 40.3 Å². The second-order valence-electron chi connectivity index (χ2n) is 6.93. The first-order valence-electron chi connectivity index (χ1n) is 9.16. The van der Waals surface area contributed by atoms with Gasteiger partial charge in [0.2, 0.25) is 0 Å². The molecule has 0 radical (unpaired) electrons. The van der Waals surface area contributed by atoms with Crippen molar-refractivity contribution >= 4 is 0 Å². The number of aromatic nitrogens is 1. The van der Waals surface area contributed by atoms with Gasteiger partial charge >= 0.3 is 0 Å². The second-order valence-corrected chi connectivity index (χ2v) is 6.93. The number of benzene rings is 3. The minimum atomic E-state index is -0.112. The van der Waals surface area contributed by atoms with Crippen LogP contribution in [0.4, 0.5) is 0 Å². The van der Waals surface area contributed by atoms with Crippen LogP contribution in [0.3, 0.4) is 0 Å². The van der Waals surface area contributed by atoms with E-state index in [1.165, 1.54) is 11.1 Å². The van der Waals surface area contributed by atoms with Crippen LogP contribution in [0.1, 0.15) is 22.8 Å². The van der Waals surface area contributed by atoms with E-state index in [4.69, 9.17) is 9.26 Å². The van der Waals surface area contributed by atoms with Crippen molar-refractivity contribution in [3.8, 4) is 28.3 Å². The zero-order chi connectivity index (χ0) is 18.2. The van der Waals surface area contributed by atoms with Crippen LogP contribution in [0.15, 0.2) is 83.4 Å². The van der Waals surface area contributed by atoms with Gasteiger partial charge in [0.25, 0.3) is 0 Å². The van der Waals surface area contributed by atoms with Gasteiger partial charge in [0.1, 0.15) is 17.5 Å². The van der Waals surface area contributed by atoms with E-state index in [1.54, 1.807) is 0 Å². The number of ether oxygens (including phenoxy) is 1. The van der Waals surface area contributed by atoms with Gasteiger partial charge in [-0.15, -0.1) is 0 Å². The molecule has 0 N–H and O–H groups in total. The normalized spacial score (nSPS) is 15.4. The lowest BCUT2D eigenvalue weighted by molar-refractivity contribution is 0.239. The lowest BCUT2D eigenvalue weighted by atomic mass is 9.95. The van der Waals surface area contributed by atoms with Crippen LogP contribution in [0.2, 0.25) is 0 Å². The third-order valence-corrected chi connectivity index (χ3v) is 5.02. The summed E-state index contributed by atoms with van der Waals surface area (Å²) in [5.74, 6) is 1.73. The maximum Gasteiger partial charge on any atom is 0.174 e. The fourth-order valence-electron chi connectivity index (χ4n) is 3.74. The average molecular weight is 353 g/mol. The SMILES string of the molecule is Cc1cccc(-c2onc(-c3ccccc3)c2C2Cc3ccccc3O2)c1. The highest BCUT2D eigenvalue weighted by molar-refractivity contribution is 5.74. The molecule has 3 nitrogen and oxygen atoms in total. The van der Waals surface area contributed by atoms with Crippen molar-refractivity contribution in [1.82, 2.24) is 5.16 Å². The van der Waals surface area contributed by atoms with Gasteiger partial charge in [-0.05, 0) is 24.6 Å². The molecule has 3 heteroatoms. The number of hydrogen-bond donors (Lipinski definition) is 0. The molecule has 5 rings (SSSR count). The number of nitrogens with zero attached hydrogens (tertiary/aromatic N) is 1. The molecule has 1 unspecified atom stereocenters. The maximum atomic E-state index is 6.31. The Labute approximate surface area is 158 Å². The summed E-state index contributed by atoms with van der Waals surface area (Å²) in [6.07, 6.45) is 0.704. The van der Waals surface area contributed by atoms with Gasteiger partial charge in [-0.1, -0.05) is 77.5 Å². The number of hydrogen-bond acceptors (Lipinski definition) is 3. The Kier molecular flexibility index (Phi) is 3.79. The summed E-state index contributed by atoms with van der Waals surface area (Å²) in [5.41, 5.74) is 6.34. The quantitative estimate of drug-likeness (QED) is 0.453. The molecular weight excluding hydrogens is 334 g/mol. The highest BCUT2D eigenvalue weighted by atomic mass is 16.5. The van der Waals surface area contributed by atoms with Gasteiger partial charge in [0.05, 0.1) is 5.56 Å². The Bertz CT molecular complexity index is 1070. The summed E-state index contributed by atoms with van der Waals surface area (Å²) in [7, 11) is 0. The van der Waals surface area contributed by atoms with E-state index in [1.807, 2.05) is 36.4 Å². The molecule has 0 saturated heterocycles. The first-order chi connectivity index (χ1) is 13.3. The number of aryl methyl sites for hydroxylation is 1. The minimum Gasteiger partial charge on any atom is -0.485 e. The van der Waals surface area contributed by atoms with Crippen molar-refractivity contribution in [2.24, 2.45) is 0 Å². The molecule has 0 bridgehead atoms. The van der Waals surface area contributed by atoms with Crippen LogP contribution in [-0.4, -0.2) is 5.16 Å². The molecule has 0 saturated carbocycles. The lowest BCUT2D eigenvalue weighted by Gasteiger charge is -2.13. The topological polar surface area (TPSA) is 35.3 Å². The van der Waals surface area contributed by atoms with Crippen LogP contribution in [0.5, 0.6) is 5.75 Å². The van der Waals surface area contributed by atoms with Gasteiger partial charge in [0, 0.05) is 17.5 Å². The smallest absolute Gasteiger partial charge is 0.174 e. The first kappa shape index (κ1) is 15.9. The molecule has 1 atom stereocenters. The number of rotatable bonds is 3. The van der Waals surface area contributed by atoms with Crippen LogP contribution >= 0.6 is 0 Å². The zero-order valence-electron chi connectivity index (χ0n) is 15.1.